The van der Waals surface area contributed by atoms with Crippen molar-refractivity contribution in [3.8, 4) is 0 Å². The molecule has 0 saturated carbocycles. The Morgan fingerprint density at radius 3 is 2.67 bits per heavy atom. The second-order valence-corrected chi connectivity index (χ2v) is 4.16. The van der Waals surface area contributed by atoms with E-state index in [4.69, 9.17) is 9.15 Å². The molecular weight excluding hydrogens is 226 g/mol. The van der Waals surface area contributed by atoms with Gasteiger partial charge in [-0.1, -0.05) is 30.3 Å². The summed E-state index contributed by atoms with van der Waals surface area (Å²) < 4.78 is 10.6. The van der Waals surface area contributed by atoms with E-state index in [0.717, 1.165) is 25.3 Å². The summed E-state index contributed by atoms with van der Waals surface area (Å²) in [4.78, 5) is 0. The van der Waals surface area contributed by atoms with Crippen molar-refractivity contribution in [1.29, 1.82) is 0 Å². The van der Waals surface area contributed by atoms with Gasteiger partial charge in [-0.2, -0.15) is 0 Å². The van der Waals surface area contributed by atoms with Crippen molar-refractivity contribution in [2.45, 2.75) is 12.5 Å². The summed E-state index contributed by atoms with van der Waals surface area (Å²) in [6.07, 6.45) is 2.70. The van der Waals surface area contributed by atoms with Crippen LogP contribution in [-0.2, 0) is 4.74 Å². The van der Waals surface area contributed by atoms with Gasteiger partial charge in [0.15, 0.2) is 0 Å². The lowest BCUT2D eigenvalue weighted by Gasteiger charge is -2.17. The Bertz CT molecular complexity index is 425. The third kappa shape index (κ3) is 3.45. The number of methoxy groups -OCH3 is 1. The number of rotatable bonds is 7. The first-order valence-corrected chi connectivity index (χ1v) is 6.22. The highest BCUT2D eigenvalue weighted by Gasteiger charge is 2.15. The van der Waals surface area contributed by atoms with Crippen LogP contribution in [0.2, 0.25) is 0 Å². The fourth-order valence-electron chi connectivity index (χ4n) is 1.95. The molecule has 3 heteroatoms. The lowest BCUT2D eigenvalue weighted by molar-refractivity contribution is 0.193. The molecule has 2 rings (SSSR count). The Labute approximate surface area is 108 Å². The van der Waals surface area contributed by atoms with Crippen LogP contribution < -0.4 is 5.32 Å². The van der Waals surface area contributed by atoms with Crippen LogP contribution in [0, 0.1) is 0 Å². The van der Waals surface area contributed by atoms with Crippen molar-refractivity contribution in [3.05, 3.63) is 60.1 Å². The minimum Gasteiger partial charge on any atom is -0.467 e. The van der Waals surface area contributed by atoms with E-state index in [1.54, 1.807) is 13.4 Å². The molecule has 0 aliphatic rings. The van der Waals surface area contributed by atoms with Crippen molar-refractivity contribution in [1.82, 2.24) is 5.32 Å². The molecule has 1 N–H and O–H groups in total. The average molecular weight is 245 g/mol. The van der Waals surface area contributed by atoms with Crippen LogP contribution in [0.15, 0.2) is 53.1 Å². The predicted octanol–water partition coefficient (Wildman–Crippen LogP) is 3.00. The van der Waals surface area contributed by atoms with Crippen molar-refractivity contribution in [3.63, 3.8) is 0 Å². The van der Waals surface area contributed by atoms with Gasteiger partial charge in [0.05, 0.1) is 12.3 Å². The van der Waals surface area contributed by atoms with Crippen LogP contribution in [-0.4, -0.2) is 20.3 Å². The molecule has 1 atom stereocenters. The van der Waals surface area contributed by atoms with E-state index < -0.39 is 0 Å². The first-order valence-electron chi connectivity index (χ1n) is 6.22. The third-order valence-electron chi connectivity index (χ3n) is 2.83. The maximum Gasteiger partial charge on any atom is 0.125 e. The van der Waals surface area contributed by atoms with Gasteiger partial charge in [0.2, 0.25) is 0 Å². The van der Waals surface area contributed by atoms with Gasteiger partial charge < -0.3 is 14.5 Å². The van der Waals surface area contributed by atoms with Crippen molar-refractivity contribution in [2.75, 3.05) is 20.3 Å². The number of nitrogens with one attached hydrogen (secondary N) is 1. The molecule has 1 heterocycles. The highest BCUT2D eigenvalue weighted by atomic mass is 16.5. The second kappa shape index (κ2) is 6.99. The first kappa shape index (κ1) is 12.9. The fourth-order valence-corrected chi connectivity index (χ4v) is 1.95. The molecule has 0 fully saturated rings. The minimum atomic E-state index is 0.109. The maximum absolute atomic E-state index is 5.51. The number of furan rings is 1. The van der Waals surface area contributed by atoms with E-state index in [1.165, 1.54) is 5.56 Å². The Hall–Kier alpha value is -1.58. The van der Waals surface area contributed by atoms with Gasteiger partial charge in [0, 0.05) is 13.7 Å². The quantitative estimate of drug-likeness (QED) is 0.761. The van der Waals surface area contributed by atoms with E-state index in [0.29, 0.717) is 0 Å². The second-order valence-electron chi connectivity index (χ2n) is 4.16. The van der Waals surface area contributed by atoms with Crippen molar-refractivity contribution >= 4 is 0 Å². The molecule has 0 amide bonds. The number of hydrogen-bond acceptors (Lipinski definition) is 3. The molecule has 0 spiro atoms. The molecule has 96 valence electrons. The summed E-state index contributed by atoms with van der Waals surface area (Å²) in [6.45, 7) is 1.67. The molecule has 18 heavy (non-hydrogen) atoms. The van der Waals surface area contributed by atoms with Crippen molar-refractivity contribution < 1.29 is 9.15 Å². The average Bonchev–Trinajstić information content (AvgIpc) is 2.94. The lowest BCUT2D eigenvalue weighted by Crippen LogP contribution is -2.23. The van der Waals surface area contributed by atoms with E-state index in [-0.39, 0.29) is 6.04 Å². The first-order chi connectivity index (χ1) is 8.92. The summed E-state index contributed by atoms with van der Waals surface area (Å²) in [5.74, 6) is 0.943. The molecular formula is C15H19NO2. The van der Waals surface area contributed by atoms with Gasteiger partial charge in [-0.15, -0.1) is 0 Å². The van der Waals surface area contributed by atoms with Gasteiger partial charge in [-0.3, -0.25) is 0 Å². The van der Waals surface area contributed by atoms with Gasteiger partial charge in [-0.05, 0) is 30.7 Å². The highest BCUT2D eigenvalue weighted by Crippen LogP contribution is 2.22. The smallest absolute Gasteiger partial charge is 0.125 e. The number of hydrogen-bond donors (Lipinski definition) is 1. The van der Waals surface area contributed by atoms with Crippen LogP contribution in [0.25, 0.3) is 0 Å². The number of ether oxygens (including phenoxy) is 1. The van der Waals surface area contributed by atoms with Gasteiger partial charge in [-0.25, -0.2) is 0 Å². The highest BCUT2D eigenvalue weighted by molar-refractivity contribution is 5.26. The zero-order valence-corrected chi connectivity index (χ0v) is 10.6. The van der Waals surface area contributed by atoms with Gasteiger partial charge >= 0.3 is 0 Å². The van der Waals surface area contributed by atoms with E-state index in [9.17, 15) is 0 Å². The largest absolute Gasteiger partial charge is 0.467 e. The van der Waals surface area contributed by atoms with Crippen molar-refractivity contribution in [2.24, 2.45) is 0 Å². The Morgan fingerprint density at radius 1 is 1.17 bits per heavy atom. The summed E-state index contributed by atoms with van der Waals surface area (Å²) in [5.41, 5.74) is 1.21. The van der Waals surface area contributed by atoms with Crippen LogP contribution in [0.4, 0.5) is 0 Å². The van der Waals surface area contributed by atoms with E-state index >= 15 is 0 Å². The number of benzene rings is 1. The molecule has 1 aromatic carbocycles. The summed E-state index contributed by atoms with van der Waals surface area (Å²) in [5, 5.41) is 3.50. The zero-order chi connectivity index (χ0) is 12.6. The van der Waals surface area contributed by atoms with Crippen LogP contribution >= 0.6 is 0 Å². The molecule has 3 nitrogen and oxygen atoms in total. The Morgan fingerprint density at radius 2 is 2.00 bits per heavy atom. The molecule has 1 unspecified atom stereocenters. The predicted molar refractivity (Wildman–Crippen MR) is 71.5 cm³/mol. The fraction of sp³-hybridized carbons (Fsp3) is 0.333. The van der Waals surface area contributed by atoms with Crippen LogP contribution in [0.3, 0.4) is 0 Å². The summed E-state index contributed by atoms with van der Waals surface area (Å²) in [7, 11) is 1.72. The molecule has 0 aliphatic heterocycles. The minimum absolute atomic E-state index is 0.109. The summed E-state index contributed by atoms with van der Waals surface area (Å²) in [6, 6.07) is 14.4. The van der Waals surface area contributed by atoms with E-state index in [2.05, 4.69) is 17.4 Å². The molecule has 2 aromatic rings. The summed E-state index contributed by atoms with van der Waals surface area (Å²) >= 11 is 0. The molecule has 0 aliphatic carbocycles. The Balaban J connectivity index is 2.05. The molecule has 1 aromatic heterocycles. The topological polar surface area (TPSA) is 34.4 Å². The zero-order valence-electron chi connectivity index (χ0n) is 10.6. The van der Waals surface area contributed by atoms with Gasteiger partial charge in [0.1, 0.15) is 5.76 Å². The van der Waals surface area contributed by atoms with Gasteiger partial charge in [0.25, 0.3) is 0 Å². The van der Waals surface area contributed by atoms with Crippen LogP contribution in [0.5, 0.6) is 0 Å². The lowest BCUT2D eigenvalue weighted by atomic mass is 10.0. The molecule has 0 saturated heterocycles. The molecule has 0 radical (unpaired) electrons. The van der Waals surface area contributed by atoms with E-state index in [1.807, 2.05) is 30.3 Å². The molecule has 0 bridgehead atoms. The van der Waals surface area contributed by atoms with Crippen LogP contribution in [0.1, 0.15) is 23.8 Å². The third-order valence-corrected chi connectivity index (χ3v) is 2.83. The normalized spacial score (nSPS) is 12.5. The monoisotopic (exact) mass is 245 g/mol. The Kier molecular flexibility index (Phi) is 5.00. The standard InChI is InChI=1S/C15H19NO2/c1-17-11-6-10-16-15(14-9-5-12-18-14)13-7-3-2-4-8-13/h2-5,7-9,12,15-16H,6,10-11H2,1H3. The SMILES string of the molecule is COCCCNC(c1ccccc1)c1ccco1. The maximum atomic E-state index is 5.51.